The summed E-state index contributed by atoms with van der Waals surface area (Å²) in [6, 6.07) is 20.2. The molecule has 7 heteroatoms. The lowest BCUT2D eigenvalue weighted by atomic mass is 10.1. The van der Waals surface area contributed by atoms with E-state index in [9.17, 15) is 4.79 Å². The van der Waals surface area contributed by atoms with E-state index >= 15 is 0 Å². The molecular formula is C23H24N4O2S. The number of benzene rings is 2. The van der Waals surface area contributed by atoms with Crippen molar-refractivity contribution < 1.29 is 9.53 Å². The molecule has 5 rings (SSSR count). The Morgan fingerprint density at radius 1 is 0.967 bits per heavy atom. The fraction of sp³-hybridized carbons (Fsp3) is 0.348. The van der Waals surface area contributed by atoms with E-state index in [1.807, 2.05) is 53.4 Å². The monoisotopic (exact) mass is 420 g/mol. The van der Waals surface area contributed by atoms with Crippen LogP contribution in [0.4, 0.5) is 0 Å². The summed E-state index contributed by atoms with van der Waals surface area (Å²) in [6.07, 6.45) is 2.29. The molecule has 1 atom stereocenters. The van der Waals surface area contributed by atoms with E-state index in [0.29, 0.717) is 32.2 Å². The molecule has 1 saturated carbocycles. The smallest absolute Gasteiger partial charge is 0.240 e. The summed E-state index contributed by atoms with van der Waals surface area (Å²) in [7, 11) is 0. The Morgan fingerprint density at radius 3 is 2.30 bits per heavy atom. The van der Waals surface area contributed by atoms with Gasteiger partial charge in [-0.2, -0.15) is 0 Å². The van der Waals surface area contributed by atoms with Gasteiger partial charge in [-0.25, -0.2) is 0 Å². The molecule has 2 heterocycles. The molecule has 0 bridgehead atoms. The second-order valence-electron chi connectivity index (χ2n) is 7.63. The first-order valence-electron chi connectivity index (χ1n) is 10.4. The van der Waals surface area contributed by atoms with E-state index in [0.717, 1.165) is 35.1 Å². The quantitative estimate of drug-likeness (QED) is 0.567. The van der Waals surface area contributed by atoms with Gasteiger partial charge < -0.3 is 9.64 Å². The average molecular weight is 421 g/mol. The highest BCUT2D eigenvalue weighted by atomic mass is 32.2. The van der Waals surface area contributed by atoms with Gasteiger partial charge in [0.15, 0.2) is 5.16 Å². The Hall–Kier alpha value is -2.64. The van der Waals surface area contributed by atoms with Crippen LogP contribution in [-0.4, -0.2) is 51.9 Å². The zero-order valence-corrected chi connectivity index (χ0v) is 17.5. The van der Waals surface area contributed by atoms with Gasteiger partial charge in [-0.15, -0.1) is 10.2 Å². The van der Waals surface area contributed by atoms with Gasteiger partial charge in [0.1, 0.15) is 11.1 Å². The van der Waals surface area contributed by atoms with Crippen LogP contribution in [-0.2, 0) is 9.53 Å². The number of carbonyl (C=O) groups excluding carboxylic acids is 1. The van der Waals surface area contributed by atoms with Crippen molar-refractivity contribution in [1.82, 2.24) is 19.7 Å². The zero-order chi connectivity index (χ0) is 20.3. The minimum absolute atomic E-state index is 0.102. The number of para-hydroxylation sites is 1. The van der Waals surface area contributed by atoms with E-state index in [-0.39, 0.29) is 11.2 Å². The predicted molar refractivity (Wildman–Crippen MR) is 116 cm³/mol. The molecule has 154 valence electrons. The van der Waals surface area contributed by atoms with Crippen molar-refractivity contribution in [2.75, 3.05) is 26.3 Å². The molecule has 6 nitrogen and oxygen atoms in total. The third-order valence-electron chi connectivity index (χ3n) is 5.49. The number of hydrogen-bond donors (Lipinski definition) is 0. The minimum Gasteiger partial charge on any atom is -0.378 e. The van der Waals surface area contributed by atoms with E-state index in [2.05, 4.69) is 26.9 Å². The topological polar surface area (TPSA) is 60.2 Å². The molecule has 1 saturated heterocycles. The molecule has 2 fully saturated rings. The summed E-state index contributed by atoms with van der Waals surface area (Å²) in [6.45, 7) is 2.43. The van der Waals surface area contributed by atoms with Crippen LogP contribution in [0.25, 0.3) is 5.69 Å². The Kier molecular flexibility index (Phi) is 5.55. The summed E-state index contributed by atoms with van der Waals surface area (Å²) in [5.41, 5.74) is 2.02. The fourth-order valence-corrected chi connectivity index (χ4v) is 4.87. The van der Waals surface area contributed by atoms with Gasteiger partial charge in [0, 0.05) is 24.7 Å². The van der Waals surface area contributed by atoms with Gasteiger partial charge >= 0.3 is 0 Å². The maximum absolute atomic E-state index is 13.5. The Labute approximate surface area is 180 Å². The highest BCUT2D eigenvalue weighted by molar-refractivity contribution is 8.00. The minimum atomic E-state index is -0.372. The van der Waals surface area contributed by atoms with Crippen LogP contribution >= 0.6 is 11.8 Å². The summed E-state index contributed by atoms with van der Waals surface area (Å²) in [5.74, 6) is 1.55. The summed E-state index contributed by atoms with van der Waals surface area (Å²) < 4.78 is 7.57. The molecule has 1 aliphatic heterocycles. The van der Waals surface area contributed by atoms with Crippen molar-refractivity contribution in [1.29, 1.82) is 0 Å². The van der Waals surface area contributed by atoms with Gasteiger partial charge in [0.25, 0.3) is 0 Å². The Morgan fingerprint density at radius 2 is 1.63 bits per heavy atom. The van der Waals surface area contributed by atoms with Gasteiger partial charge in [0.2, 0.25) is 5.91 Å². The number of ether oxygens (including phenoxy) is 1. The molecule has 1 unspecified atom stereocenters. The number of morpholine rings is 1. The molecular weight excluding hydrogens is 396 g/mol. The number of nitrogens with zero attached hydrogens (tertiary/aromatic N) is 4. The second-order valence-corrected chi connectivity index (χ2v) is 8.70. The van der Waals surface area contributed by atoms with Crippen LogP contribution in [0.1, 0.15) is 35.4 Å². The zero-order valence-electron chi connectivity index (χ0n) is 16.7. The van der Waals surface area contributed by atoms with Crippen molar-refractivity contribution in [3.05, 3.63) is 72.1 Å². The normalized spacial score (nSPS) is 17.7. The Balaban J connectivity index is 1.51. The maximum atomic E-state index is 13.5. The molecule has 2 aromatic carbocycles. The van der Waals surface area contributed by atoms with Crippen LogP contribution in [0.3, 0.4) is 0 Å². The molecule has 1 aliphatic carbocycles. The van der Waals surface area contributed by atoms with Gasteiger partial charge in [-0.05, 0) is 30.5 Å². The first kappa shape index (κ1) is 19.3. The fourth-order valence-electron chi connectivity index (χ4n) is 3.73. The van der Waals surface area contributed by atoms with Crippen molar-refractivity contribution in [2.24, 2.45) is 0 Å². The molecule has 1 amide bonds. The first-order valence-corrected chi connectivity index (χ1v) is 11.3. The number of amides is 1. The van der Waals surface area contributed by atoms with E-state index < -0.39 is 0 Å². The third-order valence-corrected chi connectivity index (χ3v) is 6.67. The van der Waals surface area contributed by atoms with E-state index in [1.165, 1.54) is 11.8 Å². The Bertz CT molecular complexity index is 999. The molecule has 3 aromatic rings. The standard InChI is InChI=1S/C23H24N4O2S/c28-22(26-13-15-29-16-14-26)20(17-7-3-1-4-8-17)30-23-25-24-21(18-11-12-18)27(23)19-9-5-2-6-10-19/h1-10,18,20H,11-16H2. The van der Waals surface area contributed by atoms with Crippen LogP contribution in [0, 0.1) is 0 Å². The summed E-state index contributed by atoms with van der Waals surface area (Å²) in [5, 5.41) is 9.44. The van der Waals surface area contributed by atoms with Gasteiger partial charge in [0.05, 0.1) is 13.2 Å². The van der Waals surface area contributed by atoms with Gasteiger partial charge in [-0.3, -0.25) is 9.36 Å². The highest BCUT2D eigenvalue weighted by Gasteiger charge is 2.34. The maximum Gasteiger partial charge on any atom is 0.240 e. The lowest BCUT2D eigenvalue weighted by molar-refractivity contribution is -0.134. The van der Waals surface area contributed by atoms with E-state index in [4.69, 9.17) is 4.74 Å². The number of hydrogen-bond acceptors (Lipinski definition) is 5. The summed E-state index contributed by atoms with van der Waals surface area (Å²) in [4.78, 5) is 15.4. The number of thioether (sulfide) groups is 1. The number of carbonyl (C=O) groups is 1. The van der Waals surface area contributed by atoms with E-state index in [1.54, 1.807) is 0 Å². The van der Waals surface area contributed by atoms with Crippen molar-refractivity contribution in [3.8, 4) is 5.69 Å². The van der Waals surface area contributed by atoms with Gasteiger partial charge in [-0.1, -0.05) is 60.3 Å². The van der Waals surface area contributed by atoms with Crippen molar-refractivity contribution in [2.45, 2.75) is 29.2 Å². The average Bonchev–Trinajstić information content (AvgIpc) is 3.58. The molecule has 0 N–H and O–H groups in total. The number of aromatic nitrogens is 3. The second kappa shape index (κ2) is 8.62. The van der Waals surface area contributed by atoms with Crippen molar-refractivity contribution >= 4 is 17.7 Å². The lowest BCUT2D eigenvalue weighted by Crippen LogP contribution is -2.42. The highest BCUT2D eigenvalue weighted by Crippen LogP contribution is 2.43. The SMILES string of the molecule is O=C(C(Sc1nnc(C2CC2)n1-c1ccccc1)c1ccccc1)N1CCOCC1. The summed E-state index contributed by atoms with van der Waals surface area (Å²) >= 11 is 1.49. The predicted octanol–water partition coefficient (Wildman–Crippen LogP) is 3.84. The van der Waals surface area contributed by atoms with Crippen molar-refractivity contribution in [3.63, 3.8) is 0 Å². The number of rotatable bonds is 6. The van der Waals surface area contributed by atoms with Crippen LogP contribution in [0.5, 0.6) is 0 Å². The molecule has 2 aliphatic rings. The first-order chi connectivity index (χ1) is 14.8. The molecule has 30 heavy (non-hydrogen) atoms. The lowest BCUT2D eigenvalue weighted by Gasteiger charge is -2.30. The third kappa shape index (κ3) is 4.00. The molecule has 0 spiro atoms. The van der Waals surface area contributed by atoms with Crippen LogP contribution in [0.2, 0.25) is 0 Å². The van der Waals surface area contributed by atoms with Crippen LogP contribution in [0.15, 0.2) is 65.8 Å². The largest absolute Gasteiger partial charge is 0.378 e. The van der Waals surface area contributed by atoms with Crippen LogP contribution < -0.4 is 0 Å². The molecule has 1 aromatic heterocycles. The molecule has 0 radical (unpaired) electrons.